The highest BCUT2D eigenvalue weighted by Crippen LogP contribution is 2.19. The number of likely N-dealkylation sites (tertiary alicyclic amines) is 1. The molecule has 0 aliphatic carbocycles. The zero-order valence-corrected chi connectivity index (χ0v) is 12.6. The SMILES string of the molecule is CC(NC(=O)OC(C)(C)C)C1CCCCN1CCO. The number of aliphatic hydroxyl groups excluding tert-OH is 1. The summed E-state index contributed by atoms with van der Waals surface area (Å²) in [6.07, 6.45) is 3.02. The third kappa shape index (κ3) is 5.78. The molecule has 2 N–H and O–H groups in total. The lowest BCUT2D eigenvalue weighted by Gasteiger charge is -2.39. The van der Waals surface area contributed by atoms with E-state index in [0.717, 1.165) is 19.4 Å². The number of β-amino-alcohol motifs (C(OH)–C–C–N with tert-alkyl or cyclic N) is 1. The van der Waals surface area contributed by atoms with E-state index in [-0.39, 0.29) is 24.8 Å². The van der Waals surface area contributed by atoms with Gasteiger partial charge in [-0.25, -0.2) is 4.79 Å². The summed E-state index contributed by atoms with van der Waals surface area (Å²) in [6, 6.07) is 0.315. The van der Waals surface area contributed by atoms with Crippen LogP contribution in [0.2, 0.25) is 0 Å². The minimum Gasteiger partial charge on any atom is -0.444 e. The van der Waals surface area contributed by atoms with Crippen LogP contribution in [0.1, 0.15) is 47.0 Å². The molecule has 1 heterocycles. The summed E-state index contributed by atoms with van der Waals surface area (Å²) in [5.41, 5.74) is -0.471. The Morgan fingerprint density at radius 1 is 1.47 bits per heavy atom. The number of ether oxygens (including phenoxy) is 1. The second kappa shape index (κ2) is 7.10. The molecule has 1 amide bonds. The number of amides is 1. The molecule has 0 aromatic rings. The average Bonchev–Trinajstić information content (AvgIpc) is 2.27. The van der Waals surface area contributed by atoms with Gasteiger partial charge in [-0.3, -0.25) is 4.90 Å². The number of rotatable bonds is 4. The van der Waals surface area contributed by atoms with Crippen LogP contribution in [0, 0.1) is 0 Å². The predicted molar refractivity (Wildman–Crippen MR) is 75.1 cm³/mol. The van der Waals surface area contributed by atoms with E-state index >= 15 is 0 Å². The van der Waals surface area contributed by atoms with Gasteiger partial charge in [0.1, 0.15) is 5.60 Å². The van der Waals surface area contributed by atoms with Crippen LogP contribution < -0.4 is 5.32 Å². The Morgan fingerprint density at radius 2 is 2.16 bits per heavy atom. The van der Waals surface area contributed by atoms with Crippen molar-refractivity contribution < 1.29 is 14.6 Å². The number of nitrogens with zero attached hydrogens (tertiary/aromatic N) is 1. The van der Waals surface area contributed by atoms with E-state index in [1.54, 1.807) is 0 Å². The van der Waals surface area contributed by atoms with Crippen LogP contribution in [-0.4, -0.2) is 53.5 Å². The number of piperidine rings is 1. The average molecular weight is 272 g/mol. The maximum atomic E-state index is 11.8. The van der Waals surface area contributed by atoms with Gasteiger partial charge in [0.2, 0.25) is 0 Å². The van der Waals surface area contributed by atoms with Crippen LogP contribution >= 0.6 is 0 Å². The van der Waals surface area contributed by atoms with Crippen molar-refractivity contribution >= 4 is 6.09 Å². The maximum absolute atomic E-state index is 11.8. The van der Waals surface area contributed by atoms with Gasteiger partial charge in [0.05, 0.1) is 6.61 Å². The van der Waals surface area contributed by atoms with Gasteiger partial charge in [0.15, 0.2) is 0 Å². The van der Waals surface area contributed by atoms with Crippen molar-refractivity contribution in [2.24, 2.45) is 0 Å². The van der Waals surface area contributed by atoms with Crippen molar-refractivity contribution in [1.29, 1.82) is 0 Å². The van der Waals surface area contributed by atoms with Crippen molar-refractivity contribution in [3.05, 3.63) is 0 Å². The van der Waals surface area contributed by atoms with Crippen LogP contribution in [0.25, 0.3) is 0 Å². The molecule has 2 atom stereocenters. The molecule has 1 aliphatic rings. The molecule has 19 heavy (non-hydrogen) atoms. The van der Waals surface area contributed by atoms with E-state index in [1.165, 1.54) is 6.42 Å². The van der Waals surface area contributed by atoms with Crippen molar-refractivity contribution in [2.45, 2.75) is 64.6 Å². The molecule has 5 heteroatoms. The molecule has 1 rings (SSSR count). The van der Waals surface area contributed by atoms with Gasteiger partial charge in [-0.1, -0.05) is 6.42 Å². The Kier molecular flexibility index (Phi) is 6.07. The normalized spacial score (nSPS) is 22.9. The highest BCUT2D eigenvalue weighted by atomic mass is 16.6. The fraction of sp³-hybridized carbons (Fsp3) is 0.929. The molecule has 0 aromatic carbocycles. The van der Waals surface area contributed by atoms with E-state index in [2.05, 4.69) is 10.2 Å². The van der Waals surface area contributed by atoms with Crippen LogP contribution in [-0.2, 0) is 4.74 Å². The lowest BCUT2D eigenvalue weighted by Crippen LogP contribution is -2.53. The molecule has 1 aliphatic heterocycles. The highest BCUT2D eigenvalue weighted by Gasteiger charge is 2.28. The number of hydrogen-bond acceptors (Lipinski definition) is 4. The molecule has 2 unspecified atom stereocenters. The summed E-state index contributed by atoms with van der Waals surface area (Å²) >= 11 is 0. The third-order valence-corrected chi connectivity index (χ3v) is 3.37. The summed E-state index contributed by atoms with van der Waals surface area (Å²) in [5.74, 6) is 0. The van der Waals surface area contributed by atoms with Crippen molar-refractivity contribution in [1.82, 2.24) is 10.2 Å². The molecule has 112 valence electrons. The summed E-state index contributed by atoms with van der Waals surface area (Å²) < 4.78 is 5.28. The van der Waals surface area contributed by atoms with Crippen LogP contribution in [0.15, 0.2) is 0 Å². The largest absolute Gasteiger partial charge is 0.444 e. The van der Waals surface area contributed by atoms with Gasteiger partial charge in [0.25, 0.3) is 0 Å². The minimum absolute atomic E-state index is 0.0294. The van der Waals surface area contributed by atoms with Crippen LogP contribution in [0.4, 0.5) is 4.79 Å². The van der Waals surface area contributed by atoms with Gasteiger partial charge in [-0.2, -0.15) is 0 Å². The van der Waals surface area contributed by atoms with Crippen LogP contribution in [0.3, 0.4) is 0 Å². The first-order valence-corrected chi connectivity index (χ1v) is 7.18. The number of alkyl carbamates (subject to hydrolysis) is 1. The number of nitrogens with one attached hydrogen (secondary N) is 1. The first-order chi connectivity index (χ1) is 8.83. The monoisotopic (exact) mass is 272 g/mol. The lowest BCUT2D eigenvalue weighted by molar-refractivity contribution is 0.0428. The smallest absolute Gasteiger partial charge is 0.407 e. The molecule has 1 fully saturated rings. The fourth-order valence-corrected chi connectivity index (χ4v) is 2.58. The first kappa shape index (κ1) is 16.2. The number of carbonyl (C=O) groups is 1. The lowest BCUT2D eigenvalue weighted by atomic mass is 9.96. The standard InChI is InChI=1S/C14H28N2O3/c1-11(15-13(18)19-14(2,3)4)12-7-5-6-8-16(12)9-10-17/h11-12,17H,5-10H2,1-4H3,(H,15,18). The second-order valence-electron chi connectivity index (χ2n) is 6.26. The van der Waals surface area contributed by atoms with Gasteiger partial charge in [-0.05, 0) is 47.1 Å². The Morgan fingerprint density at radius 3 is 2.74 bits per heavy atom. The molecular weight excluding hydrogens is 244 g/mol. The number of aliphatic hydroxyl groups is 1. The summed E-state index contributed by atoms with van der Waals surface area (Å²) in [7, 11) is 0. The first-order valence-electron chi connectivity index (χ1n) is 7.18. The summed E-state index contributed by atoms with van der Waals surface area (Å²) in [6.45, 7) is 9.40. The third-order valence-electron chi connectivity index (χ3n) is 3.37. The molecule has 5 nitrogen and oxygen atoms in total. The molecule has 0 spiro atoms. The zero-order chi connectivity index (χ0) is 14.5. The Hall–Kier alpha value is -0.810. The van der Waals surface area contributed by atoms with Crippen molar-refractivity contribution in [3.63, 3.8) is 0 Å². The summed E-state index contributed by atoms with van der Waals surface area (Å²) in [4.78, 5) is 14.0. The summed E-state index contributed by atoms with van der Waals surface area (Å²) in [5, 5.41) is 12.0. The quantitative estimate of drug-likeness (QED) is 0.818. The molecular formula is C14H28N2O3. The molecule has 0 aromatic heterocycles. The Labute approximate surface area is 116 Å². The van der Waals surface area contributed by atoms with Gasteiger partial charge in [-0.15, -0.1) is 0 Å². The highest BCUT2D eigenvalue weighted by molar-refractivity contribution is 5.68. The number of hydrogen-bond donors (Lipinski definition) is 2. The molecule has 1 saturated heterocycles. The van der Waals surface area contributed by atoms with Crippen molar-refractivity contribution in [3.8, 4) is 0 Å². The second-order valence-corrected chi connectivity index (χ2v) is 6.26. The molecule has 0 radical (unpaired) electrons. The van der Waals surface area contributed by atoms with Crippen molar-refractivity contribution in [2.75, 3.05) is 19.7 Å². The zero-order valence-electron chi connectivity index (χ0n) is 12.6. The van der Waals surface area contributed by atoms with Crippen LogP contribution in [0.5, 0.6) is 0 Å². The van der Waals surface area contributed by atoms with E-state index in [9.17, 15) is 4.79 Å². The predicted octanol–water partition coefficient (Wildman–Crippen LogP) is 1.75. The maximum Gasteiger partial charge on any atom is 0.407 e. The molecule has 0 saturated carbocycles. The van der Waals surface area contributed by atoms with E-state index in [4.69, 9.17) is 9.84 Å². The Balaban J connectivity index is 2.50. The number of carbonyl (C=O) groups excluding carboxylic acids is 1. The Bertz CT molecular complexity index is 287. The van der Waals surface area contributed by atoms with Gasteiger partial charge in [0, 0.05) is 18.6 Å². The molecule has 0 bridgehead atoms. The fourth-order valence-electron chi connectivity index (χ4n) is 2.58. The van der Waals surface area contributed by atoms with E-state index in [0.29, 0.717) is 6.54 Å². The van der Waals surface area contributed by atoms with E-state index in [1.807, 2.05) is 27.7 Å². The van der Waals surface area contributed by atoms with Gasteiger partial charge >= 0.3 is 6.09 Å². The van der Waals surface area contributed by atoms with Gasteiger partial charge < -0.3 is 15.2 Å². The van der Waals surface area contributed by atoms with E-state index < -0.39 is 5.60 Å². The minimum atomic E-state index is -0.471. The topological polar surface area (TPSA) is 61.8 Å².